The van der Waals surface area contributed by atoms with Crippen molar-refractivity contribution in [2.75, 3.05) is 0 Å². The molecule has 0 aromatic heterocycles. The third-order valence-corrected chi connectivity index (χ3v) is 8.62. The quantitative estimate of drug-likeness (QED) is 0.441. The van der Waals surface area contributed by atoms with E-state index in [1.54, 1.807) is 0 Å². The summed E-state index contributed by atoms with van der Waals surface area (Å²) in [5.74, 6) is 0. The van der Waals surface area contributed by atoms with Gasteiger partial charge >= 0.3 is 0 Å². The van der Waals surface area contributed by atoms with Crippen molar-refractivity contribution in [3.63, 3.8) is 0 Å². The predicted octanol–water partition coefficient (Wildman–Crippen LogP) is 4.85. The molecule has 0 aromatic rings. The molecule has 0 saturated carbocycles. The molecule has 0 aromatic carbocycles. The molecule has 0 spiro atoms. The summed E-state index contributed by atoms with van der Waals surface area (Å²) in [5.41, 5.74) is 0. The molecule has 0 amide bonds. The molecule has 0 aliphatic carbocycles. The smallest absolute Gasteiger partial charge is 0.228 e. The van der Waals surface area contributed by atoms with Crippen molar-refractivity contribution in [1.29, 1.82) is 0 Å². The molecular formula is C12H37NO2Si4. The first-order chi connectivity index (χ1) is 7.91. The Kier molecular flexibility index (Phi) is 8.89. The zero-order chi connectivity index (χ0) is 16.1. The average Bonchev–Trinajstić information content (AvgIpc) is 1.91. The molecule has 118 valence electrons. The lowest BCUT2D eigenvalue weighted by atomic mass is 11.8. The minimum absolute atomic E-state index is 0.981. The Morgan fingerprint density at radius 1 is 0.474 bits per heavy atom. The van der Waals surface area contributed by atoms with E-state index in [-0.39, 0.29) is 0 Å². The third kappa shape index (κ3) is 27.8. The summed E-state index contributed by atoms with van der Waals surface area (Å²) in [6.07, 6.45) is 0. The first kappa shape index (κ1) is 22.0. The van der Waals surface area contributed by atoms with Gasteiger partial charge in [0.05, 0.1) is 0 Å². The molecule has 0 aliphatic rings. The van der Waals surface area contributed by atoms with Gasteiger partial charge in [0.1, 0.15) is 16.5 Å². The second-order valence-electron chi connectivity index (χ2n) is 9.02. The van der Waals surface area contributed by atoms with Crippen molar-refractivity contribution in [2.24, 2.45) is 0 Å². The fourth-order valence-corrected chi connectivity index (χ4v) is 12.4. The maximum Gasteiger partial charge on any atom is 0.228 e. The second kappa shape index (κ2) is 7.67. The van der Waals surface area contributed by atoms with E-state index in [0.29, 0.717) is 0 Å². The molecule has 0 fully saturated rings. The standard InChI is InChI=1S/C6H19NSi2.C6H18O2Si2/c1-8(2,3)7-9(4,5)6;1-9(2,3)7-8-10(4,5)6/h7H,1-6H3;1-6H3. The van der Waals surface area contributed by atoms with Gasteiger partial charge in [-0.05, 0) is 39.3 Å². The number of nitrogens with one attached hydrogen (secondary N) is 1. The Morgan fingerprint density at radius 2 is 0.684 bits per heavy atom. The van der Waals surface area contributed by atoms with Crippen LogP contribution in [0.1, 0.15) is 0 Å². The molecule has 7 heteroatoms. The van der Waals surface area contributed by atoms with Gasteiger partial charge in [-0.1, -0.05) is 39.3 Å². The summed E-state index contributed by atoms with van der Waals surface area (Å²) in [6, 6.07) is 0. The molecule has 0 radical (unpaired) electrons. The topological polar surface area (TPSA) is 30.5 Å². The molecule has 0 saturated heterocycles. The Bertz CT molecular complexity index is 220. The van der Waals surface area contributed by atoms with Crippen molar-refractivity contribution in [3.05, 3.63) is 0 Å². The van der Waals surface area contributed by atoms with Crippen molar-refractivity contribution < 1.29 is 9.15 Å². The average molecular weight is 340 g/mol. The number of hydrogen-bond donors (Lipinski definition) is 1. The molecule has 0 heterocycles. The van der Waals surface area contributed by atoms with Crippen LogP contribution in [0.3, 0.4) is 0 Å². The maximum atomic E-state index is 5.29. The maximum absolute atomic E-state index is 5.29. The molecule has 1 N–H and O–H groups in total. The van der Waals surface area contributed by atoms with Crippen molar-refractivity contribution in [2.45, 2.75) is 78.6 Å². The van der Waals surface area contributed by atoms with Gasteiger partial charge in [0, 0.05) is 0 Å². The highest BCUT2D eigenvalue weighted by Gasteiger charge is 2.23. The van der Waals surface area contributed by atoms with E-state index in [2.05, 4.69) is 83.2 Å². The molecule has 3 nitrogen and oxygen atoms in total. The molecule has 0 aliphatic heterocycles. The van der Waals surface area contributed by atoms with Gasteiger partial charge in [-0.3, -0.25) is 9.15 Å². The van der Waals surface area contributed by atoms with Gasteiger partial charge in [-0.2, -0.15) is 0 Å². The molecular weight excluding hydrogens is 302 g/mol. The van der Waals surface area contributed by atoms with E-state index >= 15 is 0 Å². The van der Waals surface area contributed by atoms with E-state index < -0.39 is 33.1 Å². The molecule has 0 rings (SSSR count). The Balaban J connectivity index is 0. The van der Waals surface area contributed by atoms with Crippen LogP contribution in [0.2, 0.25) is 78.6 Å². The Morgan fingerprint density at radius 3 is 0.737 bits per heavy atom. The largest absolute Gasteiger partial charge is 0.360 e. The molecule has 0 atom stereocenters. The van der Waals surface area contributed by atoms with Crippen molar-refractivity contribution in [3.8, 4) is 0 Å². The van der Waals surface area contributed by atoms with Crippen LogP contribution in [0.25, 0.3) is 0 Å². The van der Waals surface area contributed by atoms with E-state index in [1.165, 1.54) is 0 Å². The number of hydrogen-bond acceptors (Lipinski definition) is 3. The van der Waals surface area contributed by atoms with Gasteiger partial charge in [0.15, 0.2) is 0 Å². The first-order valence-corrected chi connectivity index (χ1v) is 20.9. The summed E-state index contributed by atoms with van der Waals surface area (Å²) < 4.78 is 14.3. The molecule has 0 bridgehead atoms. The lowest BCUT2D eigenvalue weighted by Crippen LogP contribution is -2.55. The minimum Gasteiger partial charge on any atom is -0.360 e. The van der Waals surface area contributed by atoms with E-state index in [1.807, 2.05) is 0 Å². The lowest BCUT2D eigenvalue weighted by Gasteiger charge is -2.28. The minimum atomic E-state index is -1.45. The summed E-state index contributed by atoms with van der Waals surface area (Å²) >= 11 is 0. The Labute approximate surface area is 125 Å². The summed E-state index contributed by atoms with van der Waals surface area (Å²) in [7, 11) is -4.87. The second-order valence-corrected chi connectivity index (χ2v) is 27.8. The first-order valence-electron chi connectivity index (χ1n) is 7.07. The van der Waals surface area contributed by atoms with Gasteiger partial charge in [0.2, 0.25) is 16.6 Å². The van der Waals surface area contributed by atoms with Crippen LogP contribution in [0.15, 0.2) is 0 Å². The van der Waals surface area contributed by atoms with Crippen LogP contribution in [0, 0.1) is 0 Å². The van der Waals surface area contributed by atoms with Gasteiger partial charge < -0.3 is 4.65 Å². The van der Waals surface area contributed by atoms with Crippen LogP contribution in [-0.4, -0.2) is 33.1 Å². The highest BCUT2D eigenvalue weighted by Crippen LogP contribution is 2.09. The summed E-state index contributed by atoms with van der Waals surface area (Å²) in [6.45, 7) is 26.8. The zero-order valence-electron chi connectivity index (χ0n) is 15.3. The third-order valence-electron chi connectivity index (χ3n) is 1.29. The van der Waals surface area contributed by atoms with Gasteiger partial charge in [-0.15, -0.1) is 0 Å². The fourth-order valence-electron chi connectivity index (χ4n) is 1.38. The van der Waals surface area contributed by atoms with E-state index in [0.717, 1.165) is 0 Å². The van der Waals surface area contributed by atoms with Crippen LogP contribution in [0.4, 0.5) is 0 Å². The summed E-state index contributed by atoms with van der Waals surface area (Å²) in [4.78, 5) is 0. The predicted molar refractivity (Wildman–Crippen MR) is 98.7 cm³/mol. The highest BCUT2D eigenvalue weighted by molar-refractivity contribution is 6.90. The van der Waals surface area contributed by atoms with E-state index in [9.17, 15) is 0 Å². The molecule has 0 unspecified atom stereocenters. The monoisotopic (exact) mass is 339 g/mol. The van der Waals surface area contributed by atoms with Crippen LogP contribution in [-0.2, 0) is 9.15 Å². The SMILES string of the molecule is C[Si](C)(C)N[Si](C)(C)C.C[Si](C)(C)OO[Si](C)(C)C. The molecule has 19 heavy (non-hydrogen) atoms. The number of rotatable bonds is 5. The van der Waals surface area contributed by atoms with Gasteiger partial charge in [0.25, 0.3) is 0 Å². The van der Waals surface area contributed by atoms with Crippen LogP contribution in [0.5, 0.6) is 0 Å². The van der Waals surface area contributed by atoms with Crippen molar-refractivity contribution >= 4 is 33.1 Å². The van der Waals surface area contributed by atoms with Crippen molar-refractivity contribution in [1.82, 2.24) is 4.65 Å². The fraction of sp³-hybridized carbons (Fsp3) is 1.00. The summed E-state index contributed by atoms with van der Waals surface area (Å²) in [5, 5.41) is 0. The van der Waals surface area contributed by atoms with Crippen LogP contribution < -0.4 is 4.65 Å². The van der Waals surface area contributed by atoms with Crippen LogP contribution >= 0.6 is 0 Å². The zero-order valence-corrected chi connectivity index (χ0v) is 19.3. The van der Waals surface area contributed by atoms with E-state index in [4.69, 9.17) is 9.15 Å². The van der Waals surface area contributed by atoms with Gasteiger partial charge in [-0.25, -0.2) is 0 Å². The highest BCUT2D eigenvalue weighted by atomic mass is 28.4. The normalized spacial score (nSPS) is 13.9. The lowest BCUT2D eigenvalue weighted by molar-refractivity contribution is -0.122. The Hall–Kier alpha value is 0.748.